The van der Waals surface area contributed by atoms with E-state index in [0.717, 1.165) is 10.6 Å². The van der Waals surface area contributed by atoms with Gasteiger partial charge >= 0.3 is 17.6 Å². The molecule has 0 N–H and O–H groups in total. The van der Waals surface area contributed by atoms with Crippen LogP contribution in [-0.2, 0) is 4.74 Å². The van der Waals surface area contributed by atoms with Crippen LogP contribution in [0.25, 0.3) is 0 Å². The van der Waals surface area contributed by atoms with E-state index in [1.165, 1.54) is 42.5 Å². The smallest absolute Gasteiger partial charge is 0.344 e. The van der Waals surface area contributed by atoms with Crippen LogP contribution in [0.15, 0.2) is 82.5 Å². The summed E-state index contributed by atoms with van der Waals surface area (Å²) in [6, 6.07) is 17.1. The summed E-state index contributed by atoms with van der Waals surface area (Å²) in [6.07, 6.45) is 0.857. The molecule has 3 heterocycles. The number of nitriles is 1. The Bertz CT molecular complexity index is 1870. The van der Waals surface area contributed by atoms with Gasteiger partial charge in [-0.3, -0.25) is 14.2 Å². The summed E-state index contributed by atoms with van der Waals surface area (Å²) in [6.45, 7) is 0.330. The number of hydrogen-bond acceptors (Lipinski definition) is 10. The van der Waals surface area contributed by atoms with Gasteiger partial charge < -0.3 is 14.2 Å². The first kappa shape index (κ1) is 27.8. The average molecular weight is 570 g/mol. The van der Waals surface area contributed by atoms with Crippen LogP contribution in [0.1, 0.15) is 55.7 Å². The molecule has 5 rings (SSSR count). The summed E-state index contributed by atoms with van der Waals surface area (Å²) in [5, 5.41) is 9.43. The molecule has 4 aromatic rings. The zero-order chi connectivity index (χ0) is 29.8. The molecule has 42 heavy (non-hydrogen) atoms. The fourth-order valence-electron chi connectivity index (χ4n) is 4.13. The van der Waals surface area contributed by atoms with Gasteiger partial charge in [0.25, 0.3) is 11.5 Å². The highest BCUT2D eigenvalue weighted by molar-refractivity contribution is 5.99. The Morgan fingerprint density at radius 3 is 2.38 bits per heavy atom. The van der Waals surface area contributed by atoms with E-state index in [2.05, 4.69) is 4.98 Å². The summed E-state index contributed by atoms with van der Waals surface area (Å²) in [7, 11) is 0. The molecule has 0 bridgehead atoms. The van der Waals surface area contributed by atoms with Crippen molar-refractivity contribution in [1.29, 1.82) is 5.26 Å². The SMILES string of the molecule is N#Cc1ccc(OC(=O)c2ccccc2)nc1OC(=O)c1cccc(C(=O)n2c(=O)c(F)cn(C3CCCO3)c2=O)c1. The van der Waals surface area contributed by atoms with Gasteiger partial charge in [-0.25, -0.2) is 14.4 Å². The van der Waals surface area contributed by atoms with Crippen LogP contribution in [0.5, 0.6) is 11.8 Å². The lowest BCUT2D eigenvalue weighted by molar-refractivity contribution is 0.0501. The van der Waals surface area contributed by atoms with Gasteiger partial charge in [-0.15, -0.1) is 0 Å². The Morgan fingerprint density at radius 1 is 0.952 bits per heavy atom. The Hall–Kier alpha value is -5.74. The van der Waals surface area contributed by atoms with Crippen molar-refractivity contribution in [2.75, 3.05) is 6.61 Å². The van der Waals surface area contributed by atoms with E-state index in [4.69, 9.17) is 14.2 Å². The lowest BCUT2D eigenvalue weighted by Crippen LogP contribution is -2.46. The molecule has 13 heteroatoms. The maximum Gasteiger partial charge on any atom is 0.344 e. The number of aromatic nitrogens is 3. The third-order valence-corrected chi connectivity index (χ3v) is 6.19. The van der Waals surface area contributed by atoms with Gasteiger partial charge in [0.15, 0.2) is 0 Å². The van der Waals surface area contributed by atoms with E-state index < -0.39 is 47.0 Å². The second-order valence-electron chi connectivity index (χ2n) is 8.92. The highest BCUT2D eigenvalue weighted by Crippen LogP contribution is 2.23. The van der Waals surface area contributed by atoms with Gasteiger partial charge in [0.2, 0.25) is 17.6 Å². The molecular formula is C29H19FN4O8. The summed E-state index contributed by atoms with van der Waals surface area (Å²) in [5.74, 6) is -5.04. The van der Waals surface area contributed by atoms with Gasteiger partial charge in [-0.1, -0.05) is 24.3 Å². The molecule has 1 saturated heterocycles. The third kappa shape index (κ3) is 5.60. The maximum absolute atomic E-state index is 14.4. The van der Waals surface area contributed by atoms with Gasteiger partial charge in [0, 0.05) is 18.2 Å². The van der Waals surface area contributed by atoms with Crippen LogP contribution >= 0.6 is 0 Å². The minimum atomic E-state index is -1.46. The van der Waals surface area contributed by atoms with Crippen molar-refractivity contribution >= 4 is 17.8 Å². The molecule has 0 amide bonds. The summed E-state index contributed by atoms with van der Waals surface area (Å²) < 4.78 is 31.3. The lowest BCUT2D eigenvalue weighted by atomic mass is 10.1. The molecule has 2 aromatic carbocycles. The van der Waals surface area contributed by atoms with Gasteiger partial charge in [-0.05, 0) is 49.2 Å². The molecule has 2 aromatic heterocycles. The van der Waals surface area contributed by atoms with Crippen molar-refractivity contribution in [1.82, 2.24) is 14.1 Å². The average Bonchev–Trinajstić information content (AvgIpc) is 3.54. The van der Waals surface area contributed by atoms with E-state index in [9.17, 15) is 33.6 Å². The summed E-state index contributed by atoms with van der Waals surface area (Å²) in [5.41, 5.74) is -3.00. The van der Waals surface area contributed by atoms with Gasteiger partial charge in [-0.2, -0.15) is 19.2 Å². The quantitative estimate of drug-likeness (QED) is 0.315. The first-order valence-corrected chi connectivity index (χ1v) is 12.5. The van der Waals surface area contributed by atoms with Crippen LogP contribution in [-0.4, -0.2) is 38.6 Å². The lowest BCUT2D eigenvalue weighted by Gasteiger charge is -2.15. The highest BCUT2D eigenvalue weighted by Gasteiger charge is 2.26. The molecule has 210 valence electrons. The van der Waals surface area contributed by atoms with Crippen LogP contribution in [0.2, 0.25) is 0 Å². The van der Waals surface area contributed by atoms with Crippen molar-refractivity contribution in [3.05, 3.63) is 122 Å². The monoisotopic (exact) mass is 570 g/mol. The van der Waals surface area contributed by atoms with E-state index >= 15 is 0 Å². The van der Waals surface area contributed by atoms with Gasteiger partial charge in [0.05, 0.1) is 17.3 Å². The number of esters is 2. The van der Waals surface area contributed by atoms with Crippen molar-refractivity contribution in [2.24, 2.45) is 0 Å². The molecule has 1 atom stereocenters. The third-order valence-electron chi connectivity index (χ3n) is 6.19. The van der Waals surface area contributed by atoms with E-state index in [1.54, 1.807) is 24.3 Å². The van der Waals surface area contributed by atoms with Crippen molar-refractivity contribution in [3.63, 3.8) is 0 Å². The number of hydrogen-bond donors (Lipinski definition) is 0. The standard InChI is InChI=1S/C29H19FN4O8/c30-21-16-33(23-10-5-13-40-23)29(39)34(26(21)36)25(35)18-8-4-9-19(14-18)28(38)42-24-20(15-31)11-12-22(32-24)41-27(37)17-6-2-1-3-7-17/h1-4,6-9,11-12,14,16,23H,5,10,13H2. The first-order valence-electron chi connectivity index (χ1n) is 12.5. The Kier molecular flexibility index (Phi) is 7.80. The number of pyridine rings is 1. The molecule has 0 aliphatic carbocycles. The Labute approximate surface area is 235 Å². The summed E-state index contributed by atoms with van der Waals surface area (Å²) >= 11 is 0. The van der Waals surface area contributed by atoms with Gasteiger partial charge in [0.1, 0.15) is 17.9 Å². The predicted octanol–water partition coefficient (Wildman–Crippen LogP) is 2.85. The second kappa shape index (κ2) is 11.8. The minimum absolute atomic E-state index is 0.126. The molecule has 0 spiro atoms. The van der Waals surface area contributed by atoms with Crippen molar-refractivity contribution in [3.8, 4) is 17.8 Å². The number of halogens is 1. The number of nitrogens with zero attached hydrogens (tertiary/aromatic N) is 4. The normalized spacial score (nSPS) is 14.1. The first-order chi connectivity index (χ1) is 20.3. The molecule has 1 unspecified atom stereocenters. The van der Waals surface area contributed by atoms with Crippen LogP contribution in [0, 0.1) is 17.1 Å². The molecule has 0 radical (unpaired) electrons. The Morgan fingerprint density at radius 2 is 1.67 bits per heavy atom. The Balaban J connectivity index is 1.41. The topological polar surface area (TPSA) is 160 Å². The number of ether oxygens (including phenoxy) is 3. The molecule has 1 fully saturated rings. The number of benzene rings is 2. The number of carbonyl (C=O) groups is 3. The number of rotatable bonds is 6. The fourth-order valence-corrected chi connectivity index (χ4v) is 4.13. The molecule has 12 nitrogen and oxygen atoms in total. The highest BCUT2D eigenvalue weighted by atomic mass is 19.1. The minimum Gasteiger partial charge on any atom is -0.404 e. The van der Waals surface area contributed by atoms with E-state index in [-0.39, 0.29) is 32.7 Å². The fraction of sp³-hybridized carbons (Fsp3) is 0.138. The van der Waals surface area contributed by atoms with Crippen LogP contribution < -0.4 is 20.7 Å². The molecule has 0 saturated carbocycles. The molecule has 1 aliphatic rings. The maximum atomic E-state index is 14.4. The zero-order valence-corrected chi connectivity index (χ0v) is 21.6. The molecular weight excluding hydrogens is 551 g/mol. The van der Waals surface area contributed by atoms with Crippen LogP contribution in [0.4, 0.5) is 4.39 Å². The summed E-state index contributed by atoms with van der Waals surface area (Å²) in [4.78, 5) is 67.9. The van der Waals surface area contributed by atoms with Crippen LogP contribution in [0.3, 0.4) is 0 Å². The van der Waals surface area contributed by atoms with E-state index in [1.807, 2.05) is 0 Å². The second-order valence-corrected chi connectivity index (χ2v) is 8.92. The number of carbonyl (C=O) groups excluding carboxylic acids is 3. The molecule has 1 aliphatic heterocycles. The zero-order valence-electron chi connectivity index (χ0n) is 21.6. The predicted molar refractivity (Wildman–Crippen MR) is 141 cm³/mol. The van der Waals surface area contributed by atoms with E-state index in [0.29, 0.717) is 25.6 Å². The largest absolute Gasteiger partial charge is 0.404 e. The van der Waals surface area contributed by atoms with Crippen molar-refractivity contribution in [2.45, 2.75) is 19.1 Å². The van der Waals surface area contributed by atoms with Crippen molar-refractivity contribution < 1.29 is 33.0 Å².